The Morgan fingerprint density at radius 1 is 0.938 bits per heavy atom. The number of hydrogen-bond donors (Lipinski definition) is 0. The van der Waals surface area contributed by atoms with E-state index in [1.54, 1.807) is 6.92 Å². The van der Waals surface area contributed by atoms with Gasteiger partial charge in [-0.15, -0.1) is 0 Å². The van der Waals surface area contributed by atoms with Crippen LogP contribution in [-0.4, -0.2) is 17.9 Å². The molecule has 0 radical (unpaired) electrons. The van der Waals surface area contributed by atoms with Gasteiger partial charge in [0.25, 0.3) is 0 Å². The van der Waals surface area contributed by atoms with Crippen molar-refractivity contribution in [1.82, 2.24) is 0 Å². The Kier molecular flexibility index (Phi) is 5.22. The molecule has 0 aromatic heterocycles. The zero-order chi connectivity index (χ0) is 22.7. The third-order valence-electron chi connectivity index (χ3n) is 9.55. The van der Waals surface area contributed by atoms with Gasteiger partial charge in [-0.1, -0.05) is 55.8 Å². The molecule has 6 atom stereocenters. The molecule has 3 nitrogen and oxygen atoms in total. The summed E-state index contributed by atoms with van der Waals surface area (Å²) < 4.78 is 5.59. The summed E-state index contributed by atoms with van der Waals surface area (Å²) >= 11 is 0. The molecule has 0 N–H and O–H groups in total. The number of carbonyl (C=O) groups is 2. The van der Waals surface area contributed by atoms with Crippen molar-refractivity contribution in [2.24, 2.45) is 28.6 Å². The average molecular weight is 433 g/mol. The molecule has 170 valence electrons. The van der Waals surface area contributed by atoms with Crippen molar-refractivity contribution in [2.75, 3.05) is 0 Å². The second-order valence-corrected chi connectivity index (χ2v) is 11.2. The summed E-state index contributed by atoms with van der Waals surface area (Å²) in [6.45, 7) is 8.13. The number of esters is 1. The maximum Gasteiger partial charge on any atom is 0.302 e. The van der Waals surface area contributed by atoms with E-state index in [2.05, 4.69) is 50.3 Å². The van der Waals surface area contributed by atoms with Crippen LogP contribution < -0.4 is 0 Å². The van der Waals surface area contributed by atoms with Crippen molar-refractivity contribution in [1.29, 1.82) is 0 Å². The van der Waals surface area contributed by atoms with Crippen molar-refractivity contribution in [3.8, 4) is 0 Å². The summed E-state index contributed by atoms with van der Waals surface area (Å²) in [6.07, 6.45) is 9.87. The molecule has 1 aromatic carbocycles. The number of Topliss-reactive ketones (excluding diaryl/α,β-unsaturated/α-hetero) is 1. The lowest BCUT2D eigenvalue weighted by Gasteiger charge is -2.57. The van der Waals surface area contributed by atoms with Crippen molar-refractivity contribution >= 4 is 17.3 Å². The van der Waals surface area contributed by atoms with E-state index in [1.807, 2.05) is 0 Å². The van der Waals surface area contributed by atoms with Gasteiger partial charge in [-0.2, -0.15) is 0 Å². The maximum atomic E-state index is 13.0. The molecule has 1 aromatic rings. The van der Waals surface area contributed by atoms with E-state index in [0.29, 0.717) is 17.8 Å². The van der Waals surface area contributed by atoms with Crippen molar-refractivity contribution < 1.29 is 14.3 Å². The lowest BCUT2D eigenvalue weighted by Crippen LogP contribution is -2.50. The number of carbonyl (C=O) groups excluding carboxylic acids is 2. The number of fused-ring (bicyclic) bond motifs is 5. The van der Waals surface area contributed by atoms with Crippen LogP contribution in [0.2, 0.25) is 0 Å². The number of benzene rings is 1. The molecule has 0 unspecified atom stereocenters. The van der Waals surface area contributed by atoms with E-state index in [-0.39, 0.29) is 28.7 Å². The van der Waals surface area contributed by atoms with E-state index >= 15 is 0 Å². The monoisotopic (exact) mass is 432 g/mol. The standard InChI is InChI=1S/C29H36O3/c1-18(30)27-24(20-8-6-5-7-9-20)17-26-23-11-10-21-16-22(32-19(2)31)12-14-28(21,3)25(23)13-15-29(26,27)4/h5-10,22-23,25-26H,11-17H2,1-4H3/t22-,23+,25-,26-,28+,29+/m1/s1. The van der Waals surface area contributed by atoms with Crippen LogP contribution >= 0.6 is 0 Å². The van der Waals surface area contributed by atoms with Crippen molar-refractivity contribution in [3.63, 3.8) is 0 Å². The highest BCUT2D eigenvalue weighted by molar-refractivity contribution is 6.03. The second-order valence-electron chi connectivity index (χ2n) is 11.2. The van der Waals surface area contributed by atoms with Gasteiger partial charge in [-0.3, -0.25) is 9.59 Å². The van der Waals surface area contributed by atoms with Crippen LogP contribution in [0.25, 0.3) is 5.57 Å². The molecular formula is C29H36O3. The van der Waals surface area contributed by atoms with E-state index < -0.39 is 0 Å². The zero-order valence-corrected chi connectivity index (χ0v) is 19.9. The van der Waals surface area contributed by atoms with Crippen LogP contribution in [-0.2, 0) is 14.3 Å². The van der Waals surface area contributed by atoms with Gasteiger partial charge in [-0.25, -0.2) is 0 Å². The Hall–Kier alpha value is -2.16. The molecule has 0 spiro atoms. The minimum absolute atomic E-state index is 0.0190. The lowest BCUT2D eigenvalue weighted by molar-refractivity contribution is -0.148. The Balaban J connectivity index is 1.48. The SMILES string of the molecule is CC(=O)O[C@@H]1CC[C@@]2(C)C(=CC[C@H]3[C@H]2CC[C@]2(C)C(C(C)=O)=C(c4ccccc4)C[C@H]32)C1. The lowest BCUT2D eigenvalue weighted by atomic mass is 9.47. The summed E-state index contributed by atoms with van der Waals surface area (Å²) in [7, 11) is 0. The first-order chi connectivity index (χ1) is 15.2. The minimum atomic E-state index is -0.163. The molecule has 0 heterocycles. The smallest absolute Gasteiger partial charge is 0.302 e. The molecule has 0 aliphatic heterocycles. The Labute approximate surface area is 192 Å². The third kappa shape index (κ3) is 3.23. The highest BCUT2D eigenvalue weighted by Crippen LogP contribution is 2.67. The first-order valence-electron chi connectivity index (χ1n) is 12.4. The van der Waals surface area contributed by atoms with E-state index in [0.717, 1.165) is 44.1 Å². The highest BCUT2D eigenvalue weighted by atomic mass is 16.5. The fourth-order valence-electron chi connectivity index (χ4n) is 8.15. The van der Waals surface area contributed by atoms with E-state index in [1.165, 1.54) is 30.1 Å². The Bertz CT molecular complexity index is 1000. The first kappa shape index (κ1) is 21.7. The van der Waals surface area contributed by atoms with Gasteiger partial charge >= 0.3 is 5.97 Å². The predicted molar refractivity (Wildman–Crippen MR) is 127 cm³/mol. The molecule has 0 saturated heterocycles. The van der Waals surface area contributed by atoms with E-state index in [4.69, 9.17) is 4.74 Å². The van der Waals surface area contributed by atoms with Crippen LogP contribution in [0.1, 0.15) is 78.2 Å². The number of allylic oxidation sites excluding steroid dienone is 3. The molecule has 0 bridgehead atoms. The van der Waals surface area contributed by atoms with Gasteiger partial charge in [0.2, 0.25) is 0 Å². The Morgan fingerprint density at radius 2 is 1.66 bits per heavy atom. The molecule has 3 heteroatoms. The Morgan fingerprint density at radius 3 is 2.34 bits per heavy atom. The fourth-order valence-corrected chi connectivity index (χ4v) is 8.15. The third-order valence-corrected chi connectivity index (χ3v) is 9.55. The van der Waals surface area contributed by atoms with Crippen molar-refractivity contribution in [2.45, 2.75) is 78.7 Å². The van der Waals surface area contributed by atoms with Gasteiger partial charge in [0.15, 0.2) is 5.78 Å². The topological polar surface area (TPSA) is 43.4 Å². The minimum Gasteiger partial charge on any atom is -0.462 e. The van der Waals surface area contributed by atoms with Crippen LogP contribution in [0, 0.1) is 28.6 Å². The van der Waals surface area contributed by atoms with Crippen LogP contribution in [0.3, 0.4) is 0 Å². The van der Waals surface area contributed by atoms with E-state index in [9.17, 15) is 9.59 Å². The second kappa shape index (κ2) is 7.71. The largest absolute Gasteiger partial charge is 0.462 e. The van der Waals surface area contributed by atoms with Crippen LogP contribution in [0.5, 0.6) is 0 Å². The van der Waals surface area contributed by atoms with Gasteiger partial charge in [0.1, 0.15) is 6.10 Å². The molecule has 2 saturated carbocycles. The summed E-state index contributed by atoms with van der Waals surface area (Å²) in [5.74, 6) is 1.89. The number of ketones is 1. The average Bonchev–Trinajstić information content (AvgIpc) is 3.08. The first-order valence-corrected chi connectivity index (χ1v) is 12.4. The summed E-state index contributed by atoms with van der Waals surface area (Å²) in [5.41, 5.74) is 5.32. The quantitative estimate of drug-likeness (QED) is 0.403. The molecule has 0 amide bonds. The molecule has 2 fully saturated rings. The summed E-state index contributed by atoms with van der Waals surface area (Å²) in [5, 5.41) is 0. The van der Waals surface area contributed by atoms with Crippen LogP contribution in [0.15, 0.2) is 47.6 Å². The highest BCUT2D eigenvalue weighted by Gasteiger charge is 2.58. The number of ether oxygens (including phenoxy) is 1. The molecule has 4 aliphatic rings. The van der Waals surface area contributed by atoms with Gasteiger partial charge in [0.05, 0.1) is 0 Å². The predicted octanol–water partition coefficient (Wildman–Crippen LogP) is 6.53. The van der Waals surface area contributed by atoms with Gasteiger partial charge < -0.3 is 4.74 Å². The molecule has 4 aliphatic carbocycles. The fraction of sp³-hybridized carbons (Fsp3) is 0.586. The number of hydrogen-bond acceptors (Lipinski definition) is 3. The van der Waals surface area contributed by atoms with Crippen molar-refractivity contribution in [3.05, 3.63) is 53.1 Å². The van der Waals surface area contributed by atoms with Gasteiger partial charge in [0, 0.05) is 18.9 Å². The summed E-state index contributed by atoms with van der Waals surface area (Å²) in [6, 6.07) is 10.6. The van der Waals surface area contributed by atoms with Crippen LogP contribution in [0.4, 0.5) is 0 Å². The molecule has 5 rings (SSSR count). The molecular weight excluding hydrogens is 396 g/mol. The number of rotatable bonds is 3. The normalized spacial score (nSPS) is 38.3. The maximum absolute atomic E-state index is 13.0. The summed E-state index contributed by atoms with van der Waals surface area (Å²) in [4.78, 5) is 24.5. The zero-order valence-electron chi connectivity index (χ0n) is 19.9. The van der Waals surface area contributed by atoms with Gasteiger partial charge in [-0.05, 0) is 85.2 Å². The molecule has 32 heavy (non-hydrogen) atoms.